The Bertz CT molecular complexity index is 1370. The van der Waals surface area contributed by atoms with Crippen LogP contribution in [-0.2, 0) is 0 Å². The molecular weight excluding hydrogens is 464 g/mol. The van der Waals surface area contributed by atoms with Crippen molar-refractivity contribution in [2.45, 2.75) is 47.6 Å². The molecule has 35 heavy (non-hydrogen) atoms. The van der Waals surface area contributed by atoms with Crippen LogP contribution in [0.4, 0.5) is 17.6 Å². The lowest BCUT2D eigenvalue weighted by molar-refractivity contribution is 0.692. The quantitative estimate of drug-likeness (QED) is 0.398. The zero-order valence-electron chi connectivity index (χ0n) is 20.8. The highest BCUT2D eigenvalue weighted by atomic mass is 35.5. The Morgan fingerprint density at radius 3 is 2.49 bits per heavy atom. The number of nitrogens with two attached hydrogens (primary N) is 2. The van der Waals surface area contributed by atoms with Gasteiger partial charge in [0.2, 0.25) is 5.95 Å². The third kappa shape index (κ3) is 5.78. The number of rotatable bonds is 6. The number of fused-ring (bicyclic) bond motifs is 1. The Hall–Kier alpha value is -3.90. The first-order chi connectivity index (χ1) is 16.7. The summed E-state index contributed by atoms with van der Waals surface area (Å²) in [5, 5.41) is 13.3. The number of hydrogen-bond acceptors (Lipinski definition) is 8. The molecule has 184 valence electrons. The molecule has 5 N–H and O–H groups in total. The highest BCUT2D eigenvalue weighted by Crippen LogP contribution is 2.28. The molecule has 2 aromatic heterocycles. The van der Waals surface area contributed by atoms with E-state index in [0.29, 0.717) is 21.7 Å². The van der Waals surface area contributed by atoms with E-state index in [0.717, 1.165) is 5.70 Å². The molecule has 1 atom stereocenters. The molecule has 0 bridgehead atoms. The number of nitriles is 1. The van der Waals surface area contributed by atoms with Crippen molar-refractivity contribution in [3.8, 4) is 6.07 Å². The van der Waals surface area contributed by atoms with Gasteiger partial charge in [0.25, 0.3) is 5.56 Å². The minimum Gasteiger partial charge on any atom is -0.382 e. The van der Waals surface area contributed by atoms with Gasteiger partial charge in [-0.15, -0.1) is 0 Å². The number of allylic oxidation sites excluding steroid dienone is 4. The maximum absolute atomic E-state index is 13.7. The molecule has 10 heteroatoms. The van der Waals surface area contributed by atoms with Gasteiger partial charge < -0.3 is 16.8 Å². The summed E-state index contributed by atoms with van der Waals surface area (Å²) < 4.78 is 1.55. The SMILES string of the molecule is C/C=C\C=C(/C(C)C)n1c(C(C)Nc2nc(N)nc(N)c2C#N)nc2cccc(Cl)c2c1=O.CC. The van der Waals surface area contributed by atoms with Gasteiger partial charge in [0, 0.05) is 5.70 Å². The fourth-order valence-electron chi connectivity index (χ4n) is 3.45. The summed E-state index contributed by atoms with van der Waals surface area (Å²) in [4.78, 5) is 26.4. The Morgan fingerprint density at radius 1 is 1.20 bits per heavy atom. The normalized spacial score (nSPS) is 12.4. The van der Waals surface area contributed by atoms with Crippen LogP contribution >= 0.6 is 11.6 Å². The second kappa shape index (κ2) is 12.0. The molecule has 1 unspecified atom stereocenters. The van der Waals surface area contributed by atoms with Crippen molar-refractivity contribution in [1.29, 1.82) is 5.26 Å². The average Bonchev–Trinajstić information content (AvgIpc) is 2.81. The standard InChI is InChI=1S/C23H25ClN8O.C2H6/c1-5-6-10-17(12(2)3)32-21(29-16-9-7-8-15(24)18(16)22(32)33)13(4)28-20-14(11-25)19(26)30-23(27)31-20;1-2/h5-10,12-13H,1-4H3,(H5,26,27,28,30,31);1-2H3/b6-5-,17-10+;. The number of halogens is 1. The number of nitrogen functional groups attached to an aromatic ring is 2. The highest BCUT2D eigenvalue weighted by molar-refractivity contribution is 6.35. The Kier molecular flexibility index (Phi) is 9.37. The highest BCUT2D eigenvalue weighted by Gasteiger charge is 2.23. The summed E-state index contributed by atoms with van der Waals surface area (Å²) in [6.45, 7) is 11.7. The molecule has 9 nitrogen and oxygen atoms in total. The molecule has 2 heterocycles. The van der Waals surface area contributed by atoms with Crippen molar-refractivity contribution in [3.05, 3.63) is 63.2 Å². The first-order valence-electron chi connectivity index (χ1n) is 11.3. The Balaban J connectivity index is 0.00000210. The molecule has 0 fully saturated rings. The van der Waals surface area contributed by atoms with Crippen molar-refractivity contribution in [1.82, 2.24) is 19.5 Å². The first-order valence-corrected chi connectivity index (χ1v) is 11.7. The fraction of sp³-hybridized carbons (Fsp3) is 0.320. The lowest BCUT2D eigenvalue weighted by Crippen LogP contribution is -2.30. The average molecular weight is 495 g/mol. The summed E-state index contributed by atoms with van der Waals surface area (Å²) in [7, 11) is 0. The summed E-state index contributed by atoms with van der Waals surface area (Å²) in [5.41, 5.74) is 12.5. The molecule has 0 spiro atoms. The van der Waals surface area contributed by atoms with E-state index in [4.69, 9.17) is 28.1 Å². The summed E-state index contributed by atoms with van der Waals surface area (Å²) >= 11 is 6.38. The van der Waals surface area contributed by atoms with E-state index in [1.807, 2.05) is 58.9 Å². The van der Waals surface area contributed by atoms with Crippen molar-refractivity contribution in [2.24, 2.45) is 5.92 Å². The smallest absolute Gasteiger partial charge is 0.267 e. The van der Waals surface area contributed by atoms with Gasteiger partial charge in [0.15, 0.2) is 5.82 Å². The molecule has 0 amide bonds. The number of aromatic nitrogens is 4. The topological polar surface area (TPSA) is 149 Å². The molecule has 0 radical (unpaired) electrons. The predicted molar refractivity (Wildman–Crippen MR) is 144 cm³/mol. The number of anilines is 3. The van der Waals surface area contributed by atoms with E-state index in [9.17, 15) is 10.1 Å². The van der Waals surface area contributed by atoms with Crippen molar-refractivity contribution < 1.29 is 0 Å². The monoisotopic (exact) mass is 494 g/mol. The second-order valence-corrected chi connectivity index (χ2v) is 8.09. The molecular formula is C25H31ClN8O. The minimum absolute atomic E-state index is 0.00778. The molecule has 3 rings (SSSR count). The van der Waals surface area contributed by atoms with E-state index >= 15 is 0 Å². The number of benzene rings is 1. The van der Waals surface area contributed by atoms with Crippen molar-refractivity contribution in [3.63, 3.8) is 0 Å². The largest absolute Gasteiger partial charge is 0.382 e. The zero-order valence-corrected chi connectivity index (χ0v) is 21.6. The molecule has 0 aliphatic heterocycles. The molecule has 0 saturated carbocycles. The van der Waals surface area contributed by atoms with Crippen LogP contribution in [0.1, 0.15) is 59.0 Å². The van der Waals surface area contributed by atoms with Crippen LogP contribution in [0, 0.1) is 17.2 Å². The first kappa shape index (κ1) is 27.3. The van der Waals surface area contributed by atoms with Gasteiger partial charge in [0.05, 0.1) is 22.0 Å². The number of nitrogens with one attached hydrogen (secondary N) is 1. The van der Waals surface area contributed by atoms with Crippen LogP contribution in [0.25, 0.3) is 16.6 Å². The Labute approximate surface area is 210 Å². The lowest BCUT2D eigenvalue weighted by atomic mass is 10.1. The predicted octanol–water partition coefficient (Wildman–Crippen LogP) is 5.15. The third-order valence-electron chi connectivity index (χ3n) is 4.99. The maximum Gasteiger partial charge on any atom is 0.267 e. The van der Waals surface area contributed by atoms with Gasteiger partial charge in [0.1, 0.15) is 23.3 Å². The van der Waals surface area contributed by atoms with Gasteiger partial charge in [-0.1, -0.05) is 57.5 Å². The van der Waals surface area contributed by atoms with Crippen LogP contribution < -0.4 is 22.3 Å². The van der Waals surface area contributed by atoms with Gasteiger partial charge in [-0.2, -0.15) is 15.2 Å². The zero-order chi connectivity index (χ0) is 26.3. The van der Waals surface area contributed by atoms with E-state index in [1.54, 1.807) is 29.7 Å². The van der Waals surface area contributed by atoms with E-state index in [-0.39, 0.29) is 34.6 Å². The molecule has 0 aliphatic rings. The van der Waals surface area contributed by atoms with Crippen LogP contribution in [-0.4, -0.2) is 19.5 Å². The van der Waals surface area contributed by atoms with Crippen molar-refractivity contribution >= 4 is 45.8 Å². The van der Waals surface area contributed by atoms with Gasteiger partial charge in [-0.25, -0.2) is 4.98 Å². The molecule has 3 aromatic rings. The van der Waals surface area contributed by atoms with Crippen LogP contribution in [0.2, 0.25) is 5.02 Å². The Morgan fingerprint density at radius 2 is 1.89 bits per heavy atom. The summed E-state index contributed by atoms with van der Waals surface area (Å²) in [6.07, 6.45) is 5.61. The summed E-state index contributed by atoms with van der Waals surface area (Å²) in [5.74, 6) is 0.454. The minimum atomic E-state index is -0.561. The van der Waals surface area contributed by atoms with E-state index < -0.39 is 6.04 Å². The van der Waals surface area contributed by atoms with Crippen LogP contribution in [0.5, 0.6) is 0 Å². The lowest BCUT2D eigenvalue weighted by Gasteiger charge is -2.23. The second-order valence-electron chi connectivity index (χ2n) is 7.69. The maximum atomic E-state index is 13.7. The number of nitrogens with zero attached hydrogens (tertiary/aromatic N) is 5. The van der Waals surface area contributed by atoms with Crippen LogP contribution in [0.3, 0.4) is 0 Å². The van der Waals surface area contributed by atoms with Gasteiger partial charge in [-0.3, -0.25) is 9.36 Å². The number of hydrogen-bond donors (Lipinski definition) is 3. The van der Waals surface area contributed by atoms with Gasteiger partial charge >= 0.3 is 0 Å². The molecule has 0 aliphatic carbocycles. The van der Waals surface area contributed by atoms with Crippen LogP contribution in [0.15, 0.2) is 41.2 Å². The molecule has 1 aromatic carbocycles. The summed E-state index contributed by atoms with van der Waals surface area (Å²) in [6, 6.07) is 6.56. The van der Waals surface area contributed by atoms with Crippen molar-refractivity contribution in [2.75, 3.05) is 16.8 Å². The third-order valence-corrected chi connectivity index (χ3v) is 5.30. The van der Waals surface area contributed by atoms with E-state index in [2.05, 4.69) is 15.3 Å². The fourth-order valence-corrected chi connectivity index (χ4v) is 3.70. The molecule has 0 saturated heterocycles. The van der Waals surface area contributed by atoms with Gasteiger partial charge in [-0.05, 0) is 38.0 Å². The van der Waals surface area contributed by atoms with E-state index in [1.165, 1.54) is 0 Å².